The lowest BCUT2D eigenvalue weighted by atomic mass is 10.0. The van der Waals surface area contributed by atoms with Crippen molar-refractivity contribution in [1.82, 2.24) is 0 Å². The summed E-state index contributed by atoms with van der Waals surface area (Å²) < 4.78 is 37.0. The van der Waals surface area contributed by atoms with Crippen molar-refractivity contribution in [1.29, 1.82) is 0 Å². The van der Waals surface area contributed by atoms with Crippen LogP contribution >= 0.6 is 0 Å². The molecule has 0 aromatic heterocycles. The summed E-state index contributed by atoms with van der Waals surface area (Å²) in [4.78, 5) is 0. The number of nitrogens with two attached hydrogens (primary N) is 1. The molecule has 15 heavy (non-hydrogen) atoms. The average Bonchev–Trinajstić information content (AvgIpc) is 2.16. The first-order valence-corrected chi connectivity index (χ1v) is 4.86. The number of hydrogen-bond donors (Lipinski definition) is 1. The molecule has 1 unspecified atom stereocenters. The van der Waals surface area contributed by atoms with Crippen molar-refractivity contribution in [3.63, 3.8) is 0 Å². The quantitative estimate of drug-likeness (QED) is 0.826. The summed E-state index contributed by atoms with van der Waals surface area (Å²) in [7, 11) is 0. The summed E-state index contributed by atoms with van der Waals surface area (Å²) in [6.07, 6.45) is -2.69. The molecule has 0 heterocycles. The van der Waals surface area contributed by atoms with Crippen molar-refractivity contribution in [2.75, 3.05) is 0 Å². The van der Waals surface area contributed by atoms with Crippen molar-refractivity contribution in [3.8, 4) is 0 Å². The predicted octanol–water partition coefficient (Wildman–Crippen LogP) is 3.20. The van der Waals surface area contributed by atoms with Gasteiger partial charge in [-0.25, -0.2) is 0 Å². The molecule has 2 N–H and O–H groups in total. The van der Waals surface area contributed by atoms with Gasteiger partial charge < -0.3 is 5.73 Å². The van der Waals surface area contributed by atoms with Crippen LogP contribution in [0.2, 0.25) is 0 Å². The van der Waals surface area contributed by atoms with Crippen molar-refractivity contribution in [2.45, 2.75) is 32.0 Å². The molecule has 0 aliphatic heterocycles. The Morgan fingerprint density at radius 3 is 2.53 bits per heavy atom. The Bertz CT molecular complexity index is 320. The summed E-state index contributed by atoms with van der Waals surface area (Å²) in [6, 6.07) is 4.50. The van der Waals surface area contributed by atoms with E-state index in [1.807, 2.05) is 13.0 Å². The van der Waals surface area contributed by atoms with Gasteiger partial charge in [-0.15, -0.1) is 0 Å². The Hall–Kier alpha value is -1.03. The van der Waals surface area contributed by atoms with Crippen molar-refractivity contribution in [3.05, 3.63) is 35.4 Å². The molecule has 0 aliphatic rings. The van der Waals surface area contributed by atoms with Crippen molar-refractivity contribution >= 4 is 0 Å². The Labute approximate surface area is 87.1 Å². The molecule has 4 heteroatoms. The van der Waals surface area contributed by atoms with E-state index in [4.69, 9.17) is 5.73 Å². The zero-order valence-electron chi connectivity index (χ0n) is 8.51. The largest absolute Gasteiger partial charge is 0.407 e. The van der Waals surface area contributed by atoms with Crippen LogP contribution < -0.4 is 5.73 Å². The van der Waals surface area contributed by atoms with E-state index in [0.29, 0.717) is 0 Å². The SMILES string of the molecule is CCCc1cccc(C(N)C(F)(F)F)c1. The van der Waals surface area contributed by atoms with Crippen LogP contribution in [0.3, 0.4) is 0 Å². The second kappa shape index (κ2) is 4.66. The minimum absolute atomic E-state index is 0.133. The first-order chi connectivity index (χ1) is 6.95. The normalized spacial score (nSPS) is 13.9. The lowest BCUT2D eigenvalue weighted by molar-refractivity contribution is -0.149. The zero-order chi connectivity index (χ0) is 11.5. The van der Waals surface area contributed by atoms with Gasteiger partial charge in [0.05, 0.1) is 0 Å². The average molecular weight is 217 g/mol. The van der Waals surface area contributed by atoms with Gasteiger partial charge >= 0.3 is 6.18 Å². The van der Waals surface area contributed by atoms with E-state index in [1.54, 1.807) is 6.07 Å². The molecule has 0 fully saturated rings. The second-order valence-electron chi connectivity index (χ2n) is 3.51. The highest BCUT2D eigenvalue weighted by Gasteiger charge is 2.37. The molecule has 1 atom stereocenters. The summed E-state index contributed by atoms with van der Waals surface area (Å²) in [5, 5.41) is 0. The smallest absolute Gasteiger partial charge is 0.316 e. The van der Waals surface area contributed by atoms with E-state index in [-0.39, 0.29) is 5.56 Å². The first-order valence-electron chi connectivity index (χ1n) is 4.86. The number of halogens is 3. The highest BCUT2D eigenvalue weighted by molar-refractivity contribution is 5.26. The molecular weight excluding hydrogens is 203 g/mol. The molecule has 0 spiro atoms. The number of aryl methyl sites for hydroxylation is 1. The minimum atomic E-state index is -4.37. The molecule has 1 rings (SSSR count). The van der Waals surface area contributed by atoms with Crippen LogP contribution in [0.1, 0.15) is 30.5 Å². The lowest BCUT2D eigenvalue weighted by Gasteiger charge is -2.16. The minimum Gasteiger partial charge on any atom is -0.316 e. The molecule has 0 aliphatic carbocycles. The third-order valence-electron chi connectivity index (χ3n) is 2.20. The fourth-order valence-electron chi connectivity index (χ4n) is 1.42. The molecule has 0 saturated carbocycles. The van der Waals surface area contributed by atoms with E-state index in [0.717, 1.165) is 18.4 Å². The summed E-state index contributed by atoms with van der Waals surface area (Å²) >= 11 is 0. The number of hydrogen-bond acceptors (Lipinski definition) is 1. The van der Waals surface area contributed by atoms with E-state index in [1.165, 1.54) is 12.1 Å². The van der Waals surface area contributed by atoms with Gasteiger partial charge in [-0.1, -0.05) is 37.6 Å². The molecule has 84 valence electrons. The lowest BCUT2D eigenvalue weighted by Crippen LogP contribution is -2.28. The predicted molar refractivity (Wildman–Crippen MR) is 53.4 cm³/mol. The molecule has 1 nitrogen and oxygen atoms in total. The Balaban J connectivity index is 2.90. The monoisotopic (exact) mass is 217 g/mol. The fraction of sp³-hybridized carbons (Fsp3) is 0.455. The van der Waals surface area contributed by atoms with Crippen molar-refractivity contribution in [2.24, 2.45) is 5.73 Å². The standard InChI is InChI=1S/C11H14F3N/c1-2-4-8-5-3-6-9(7-8)10(15)11(12,13)14/h3,5-7,10H,2,4,15H2,1H3. The highest BCUT2D eigenvalue weighted by Crippen LogP contribution is 2.30. The van der Waals surface area contributed by atoms with E-state index in [2.05, 4.69) is 0 Å². The fourth-order valence-corrected chi connectivity index (χ4v) is 1.42. The molecule has 1 aromatic rings. The Kier molecular flexibility index (Phi) is 3.74. The third-order valence-corrected chi connectivity index (χ3v) is 2.20. The van der Waals surface area contributed by atoms with Crippen LogP contribution in [0.15, 0.2) is 24.3 Å². The maximum absolute atomic E-state index is 12.3. The summed E-state index contributed by atoms with van der Waals surface area (Å²) in [5.74, 6) is 0. The van der Waals surface area contributed by atoms with Crippen LogP contribution in [-0.2, 0) is 6.42 Å². The van der Waals surface area contributed by atoms with E-state index in [9.17, 15) is 13.2 Å². The summed E-state index contributed by atoms with van der Waals surface area (Å²) in [6.45, 7) is 1.98. The Morgan fingerprint density at radius 1 is 1.33 bits per heavy atom. The zero-order valence-corrected chi connectivity index (χ0v) is 8.51. The van der Waals surface area contributed by atoms with Gasteiger partial charge in [-0.05, 0) is 17.5 Å². The molecule has 1 aromatic carbocycles. The summed E-state index contributed by atoms with van der Waals surface area (Å²) in [5.41, 5.74) is 6.14. The van der Waals surface area contributed by atoms with Crippen LogP contribution in [0.4, 0.5) is 13.2 Å². The highest BCUT2D eigenvalue weighted by atomic mass is 19.4. The first kappa shape index (κ1) is 12.0. The van der Waals surface area contributed by atoms with Crippen LogP contribution in [0.5, 0.6) is 0 Å². The maximum Gasteiger partial charge on any atom is 0.407 e. The van der Waals surface area contributed by atoms with E-state index < -0.39 is 12.2 Å². The van der Waals surface area contributed by atoms with Crippen LogP contribution in [0, 0.1) is 0 Å². The molecule has 0 amide bonds. The van der Waals surface area contributed by atoms with Crippen LogP contribution in [-0.4, -0.2) is 6.18 Å². The van der Waals surface area contributed by atoms with E-state index >= 15 is 0 Å². The van der Waals surface area contributed by atoms with Gasteiger partial charge in [-0.2, -0.15) is 13.2 Å². The topological polar surface area (TPSA) is 26.0 Å². The number of benzene rings is 1. The molecular formula is C11H14F3N. The molecule has 0 radical (unpaired) electrons. The maximum atomic E-state index is 12.3. The van der Waals surface area contributed by atoms with Gasteiger partial charge in [0, 0.05) is 0 Å². The van der Waals surface area contributed by atoms with Crippen LogP contribution in [0.25, 0.3) is 0 Å². The third kappa shape index (κ3) is 3.23. The van der Waals surface area contributed by atoms with Gasteiger partial charge in [0.1, 0.15) is 6.04 Å². The number of rotatable bonds is 3. The van der Waals surface area contributed by atoms with Gasteiger partial charge in [0.25, 0.3) is 0 Å². The van der Waals surface area contributed by atoms with Crippen molar-refractivity contribution < 1.29 is 13.2 Å². The van der Waals surface area contributed by atoms with Gasteiger partial charge in [0.15, 0.2) is 0 Å². The number of alkyl halides is 3. The van der Waals surface area contributed by atoms with Gasteiger partial charge in [-0.3, -0.25) is 0 Å². The Morgan fingerprint density at radius 2 is 2.00 bits per heavy atom. The molecule has 0 saturated heterocycles. The second-order valence-corrected chi connectivity index (χ2v) is 3.51. The molecule has 0 bridgehead atoms. The van der Waals surface area contributed by atoms with Gasteiger partial charge in [0.2, 0.25) is 0 Å².